The standard InChI is InChI=1S/C6H13P.C2H6/c1-2-4-6-7-5-3-1;1-2/h7H,1-6H2;1-2H3. The van der Waals surface area contributed by atoms with Crippen LogP contribution in [0, 0.1) is 0 Å². The monoisotopic (exact) mass is 146 g/mol. The van der Waals surface area contributed by atoms with Crippen LogP contribution < -0.4 is 0 Å². The van der Waals surface area contributed by atoms with E-state index in [4.69, 9.17) is 0 Å². The Morgan fingerprint density at radius 3 is 1.67 bits per heavy atom. The van der Waals surface area contributed by atoms with Crippen LogP contribution in [-0.4, -0.2) is 12.3 Å². The van der Waals surface area contributed by atoms with Crippen LogP contribution in [0.1, 0.15) is 39.5 Å². The Labute approximate surface area is 61.2 Å². The zero-order valence-electron chi connectivity index (χ0n) is 6.74. The Kier molecular flexibility index (Phi) is 8.83. The van der Waals surface area contributed by atoms with E-state index < -0.39 is 0 Å². The average Bonchev–Trinajstić information content (AvgIpc) is 2.21. The van der Waals surface area contributed by atoms with Crippen LogP contribution >= 0.6 is 8.58 Å². The predicted molar refractivity (Wildman–Crippen MR) is 47.9 cm³/mol. The summed E-state index contributed by atoms with van der Waals surface area (Å²) in [7, 11) is 1.29. The van der Waals surface area contributed by atoms with Crippen molar-refractivity contribution in [1.29, 1.82) is 0 Å². The molecule has 1 aliphatic heterocycles. The van der Waals surface area contributed by atoms with Crippen molar-refractivity contribution in [2.75, 3.05) is 12.3 Å². The van der Waals surface area contributed by atoms with E-state index in [1.165, 1.54) is 46.6 Å². The molecule has 0 nitrogen and oxygen atoms in total. The molecule has 1 saturated heterocycles. The lowest BCUT2D eigenvalue weighted by atomic mass is 10.2. The van der Waals surface area contributed by atoms with Crippen molar-refractivity contribution in [3.63, 3.8) is 0 Å². The predicted octanol–water partition coefficient (Wildman–Crippen LogP) is 3.27. The van der Waals surface area contributed by atoms with E-state index in [2.05, 4.69) is 0 Å². The summed E-state index contributed by atoms with van der Waals surface area (Å²) in [6, 6.07) is 0. The molecular formula is C8H19P. The summed E-state index contributed by atoms with van der Waals surface area (Å²) < 4.78 is 0. The van der Waals surface area contributed by atoms with Crippen LogP contribution in [0.4, 0.5) is 0 Å². The van der Waals surface area contributed by atoms with Crippen molar-refractivity contribution >= 4 is 8.58 Å². The third kappa shape index (κ3) is 6.31. The third-order valence-corrected chi connectivity index (χ3v) is 2.87. The van der Waals surface area contributed by atoms with Gasteiger partial charge in [0.05, 0.1) is 0 Å². The van der Waals surface area contributed by atoms with Crippen LogP contribution in [-0.2, 0) is 0 Å². The van der Waals surface area contributed by atoms with Crippen molar-refractivity contribution in [3.8, 4) is 0 Å². The summed E-state index contributed by atoms with van der Waals surface area (Å²) in [5.41, 5.74) is 0. The van der Waals surface area contributed by atoms with Gasteiger partial charge in [-0.1, -0.05) is 26.7 Å². The lowest BCUT2D eigenvalue weighted by Gasteiger charge is -1.87. The lowest BCUT2D eigenvalue weighted by molar-refractivity contribution is 0.726. The van der Waals surface area contributed by atoms with Crippen LogP contribution in [0.2, 0.25) is 0 Å². The molecule has 1 aliphatic rings. The molecule has 1 fully saturated rings. The van der Waals surface area contributed by atoms with Gasteiger partial charge in [0.25, 0.3) is 0 Å². The van der Waals surface area contributed by atoms with Crippen molar-refractivity contribution in [2.45, 2.75) is 39.5 Å². The summed E-state index contributed by atoms with van der Waals surface area (Å²) >= 11 is 0. The van der Waals surface area contributed by atoms with E-state index in [9.17, 15) is 0 Å². The molecule has 56 valence electrons. The van der Waals surface area contributed by atoms with E-state index in [0.29, 0.717) is 0 Å². The summed E-state index contributed by atoms with van der Waals surface area (Å²) in [5.74, 6) is 0. The molecule has 0 aromatic heterocycles. The average molecular weight is 146 g/mol. The molecule has 0 unspecified atom stereocenters. The van der Waals surface area contributed by atoms with Gasteiger partial charge in [-0.15, -0.1) is 8.58 Å². The fourth-order valence-corrected chi connectivity index (χ4v) is 2.23. The summed E-state index contributed by atoms with van der Waals surface area (Å²) in [5, 5.41) is 0. The molecule has 0 radical (unpaired) electrons. The Hall–Kier alpha value is 0.430. The van der Waals surface area contributed by atoms with Gasteiger partial charge in [-0.2, -0.15) is 0 Å². The Bertz CT molecular complexity index is 24.2. The van der Waals surface area contributed by atoms with E-state index in [1.807, 2.05) is 13.8 Å². The van der Waals surface area contributed by atoms with E-state index in [0.717, 1.165) is 0 Å². The van der Waals surface area contributed by atoms with E-state index >= 15 is 0 Å². The second kappa shape index (κ2) is 8.43. The highest BCUT2D eigenvalue weighted by Crippen LogP contribution is 2.20. The minimum Gasteiger partial charge on any atom is -0.122 e. The molecule has 0 N–H and O–H groups in total. The van der Waals surface area contributed by atoms with Gasteiger partial charge in [0, 0.05) is 0 Å². The maximum Gasteiger partial charge on any atom is -0.0353 e. The topological polar surface area (TPSA) is 0 Å². The molecule has 1 heteroatoms. The first-order valence-electron chi connectivity index (χ1n) is 4.21. The third-order valence-electron chi connectivity index (χ3n) is 1.46. The highest BCUT2D eigenvalue weighted by Gasteiger charge is 1.95. The first-order valence-corrected chi connectivity index (χ1v) is 5.62. The van der Waals surface area contributed by atoms with E-state index in [-0.39, 0.29) is 0 Å². The van der Waals surface area contributed by atoms with Crippen molar-refractivity contribution in [3.05, 3.63) is 0 Å². The van der Waals surface area contributed by atoms with Gasteiger partial charge in [-0.25, -0.2) is 0 Å². The largest absolute Gasteiger partial charge is 0.122 e. The minimum atomic E-state index is 1.29. The second-order valence-electron chi connectivity index (χ2n) is 2.16. The minimum absolute atomic E-state index is 1.29. The van der Waals surface area contributed by atoms with Crippen LogP contribution in [0.25, 0.3) is 0 Å². The normalized spacial score (nSPS) is 19.3. The van der Waals surface area contributed by atoms with Gasteiger partial charge >= 0.3 is 0 Å². The van der Waals surface area contributed by atoms with Gasteiger partial charge in [0.2, 0.25) is 0 Å². The molecule has 0 atom stereocenters. The molecule has 1 rings (SSSR count). The number of rotatable bonds is 0. The highest BCUT2D eigenvalue weighted by atomic mass is 31.1. The molecular weight excluding hydrogens is 127 g/mol. The van der Waals surface area contributed by atoms with Crippen LogP contribution in [0.5, 0.6) is 0 Å². The number of hydrogen-bond donors (Lipinski definition) is 0. The zero-order chi connectivity index (χ0) is 6.95. The number of hydrogen-bond acceptors (Lipinski definition) is 0. The maximum atomic E-state index is 2.00. The van der Waals surface area contributed by atoms with Crippen LogP contribution in [0.15, 0.2) is 0 Å². The first-order chi connectivity index (χ1) is 4.50. The first kappa shape index (κ1) is 9.43. The highest BCUT2D eigenvalue weighted by molar-refractivity contribution is 7.37. The molecule has 0 amide bonds. The van der Waals surface area contributed by atoms with Gasteiger partial charge in [-0.3, -0.25) is 0 Å². The second-order valence-corrected chi connectivity index (χ2v) is 3.66. The summed E-state index contributed by atoms with van der Waals surface area (Å²) in [4.78, 5) is 0. The Balaban J connectivity index is 0.000000291. The molecule has 0 aromatic rings. The molecule has 0 aliphatic carbocycles. The zero-order valence-corrected chi connectivity index (χ0v) is 7.74. The van der Waals surface area contributed by atoms with Gasteiger partial charge in [0.1, 0.15) is 0 Å². The van der Waals surface area contributed by atoms with Crippen molar-refractivity contribution in [2.24, 2.45) is 0 Å². The molecule has 9 heavy (non-hydrogen) atoms. The summed E-state index contributed by atoms with van der Waals surface area (Å²) in [6.07, 6.45) is 9.09. The fraction of sp³-hybridized carbons (Fsp3) is 1.00. The quantitative estimate of drug-likeness (QED) is 0.460. The molecule has 0 aromatic carbocycles. The van der Waals surface area contributed by atoms with Crippen LogP contribution in [0.3, 0.4) is 0 Å². The molecule has 0 spiro atoms. The molecule has 0 saturated carbocycles. The lowest BCUT2D eigenvalue weighted by Crippen LogP contribution is -1.70. The molecule has 0 bridgehead atoms. The smallest absolute Gasteiger partial charge is 0.0353 e. The van der Waals surface area contributed by atoms with Crippen molar-refractivity contribution in [1.82, 2.24) is 0 Å². The fourth-order valence-electron chi connectivity index (χ4n) is 0.979. The maximum absolute atomic E-state index is 2.00. The molecule has 1 heterocycles. The SMILES string of the molecule is C1CCCPCC1.CC. The van der Waals surface area contributed by atoms with Gasteiger partial charge < -0.3 is 0 Å². The summed E-state index contributed by atoms with van der Waals surface area (Å²) in [6.45, 7) is 4.00. The van der Waals surface area contributed by atoms with Gasteiger partial charge in [0.15, 0.2) is 0 Å². The van der Waals surface area contributed by atoms with Gasteiger partial charge in [-0.05, 0) is 25.2 Å². The van der Waals surface area contributed by atoms with Crippen molar-refractivity contribution < 1.29 is 0 Å². The Morgan fingerprint density at radius 2 is 1.22 bits per heavy atom. The Morgan fingerprint density at radius 1 is 0.778 bits per heavy atom. The van der Waals surface area contributed by atoms with E-state index in [1.54, 1.807) is 0 Å².